The van der Waals surface area contributed by atoms with E-state index < -0.39 is 6.98 Å². The van der Waals surface area contributed by atoms with Crippen LogP contribution in [0.1, 0.15) is 9.68 Å². The molecule has 3 aromatic rings. The predicted octanol–water partition coefficient (Wildman–Crippen LogP) is 1.61. The van der Waals surface area contributed by atoms with Crippen LogP contribution in [-0.4, -0.2) is 19.4 Å². The maximum atomic E-state index is 8.92. The molecule has 3 rings (SSSR count). The monoisotopic (exact) mass is 226 g/mol. The zero-order valence-corrected chi connectivity index (χ0v) is 8.70. The quantitative estimate of drug-likeness (QED) is 0.633. The van der Waals surface area contributed by atoms with Gasteiger partial charge in [-0.2, -0.15) is 15.5 Å². The lowest BCUT2D eigenvalue weighted by Crippen LogP contribution is -1.88. The number of aromatic nitrogens is 4. The van der Waals surface area contributed by atoms with E-state index in [1.807, 2.05) is 0 Å². The highest BCUT2D eigenvalue weighted by Crippen LogP contribution is 2.20. The minimum atomic E-state index is -2.29. The standard InChI is InChI=1S/C12H9N5/c1-16-7-11(6-14-16)9-2-3-12-10(4-13)5-15-17(12)8-9/h2-3,5-8H,1H3/i1D3. The second-order valence-electron chi connectivity index (χ2n) is 3.59. The molecular weight excluding hydrogens is 214 g/mol. The summed E-state index contributed by atoms with van der Waals surface area (Å²) in [6.07, 6.45) is 6.17. The van der Waals surface area contributed by atoms with Crippen molar-refractivity contribution in [3.05, 3.63) is 42.5 Å². The highest BCUT2D eigenvalue weighted by Gasteiger charge is 2.05. The summed E-state index contributed by atoms with van der Waals surface area (Å²) in [6, 6.07) is 5.63. The highest BCUT2D eigenvalue weighted by molar-refractivity contribution is 5.67. The minimum Gasteiger partial charge on any atom is -0.275 e. The first kappa shape index (κ1) is 6.86. The normalized spacial score (nSPS) is 13.9. The fraction of sp³-hybridized carbons (Fsp3) is 0.0833. The van der Waals surface area contributed by atoms with Crippen molar-refractivity contribution in [2.45, 2.75) is 0 Å². The number of nitriles is 1. The summed E-state index contributed by atoms with van der Waals surface area (Å²) in [5.41, 5.74) is 2.66. The van der Waals surface area contributed by atoms with Crippen LogP contribution >= 0.6 is 0 Å². The maximum Gasteiger partial charge on any atom is 0.103 e. The van der Waals surface area contributed by atoms with E-state index in [-0.39, 0.29) is 0 Å². The van der Waals surface area contributed by atoms with Gasteiger partial charge in [0.1, 0.15) is 6.07 Å². The van der Waals surface area contributed by atoms with Crippen LogP contribution < -0.4 is 0 Å². The Hall–Kier alpha value is -2.61. The average Bonchev–Trinajstić information content (AvgIpc) is 3.04. The summed E-state index contributed by atoms with van der Waals surface area (Å²) < 4.78 is 24.4. The van der Waals surface area contributed by atoms with Crippen LogP contribution in [0.3, 0.4) is 0 Å². The van der Waals surface area contributed by atoms with E-state index in [1.165, 1.54) is 18.6 Å². The molecule has 0 atom stereocenters. The lowest BCUT2D eigenvalue weighted by atomic mass is 10.1. The summed E-state index contributed by atoms with van der Waals surface area (Å²) in [5, 5.41) is 16.8. The van der Waals surface area contributed by atoms with E-state index in [0.717, 1.165) is 10.2 Å². The van der Waals surface area contributed by atoms with Crippen LogP contribution in [0.4, 0.5) is 0 Å². The molecule has 0 bridgehead atoms. The molecule has 0 saturated heterocycles. The smallest absolute Gasteiger partial charge is 0.103 e. The Kier molecular flexibility index (Phi) is 1.39. The fourth-order valence-corrected chi connectivity index (χ4v) is 1.71. The molecule has 0 radical (unpaired) electrons. The molecule has 0 saturated carbocycles. The molecule has 0 aliphatic heterocycles. The third-order valence-corrected chi connectivity index (χ3v) is 2.55. The van der Waals surface area contributed by atoms with Gasteiger partial charge < -0.3 is 0 Å². The van der Waals surface area contributed by atoms with Gasteiger partial charge in [0.2, 0.25) is 0 Å². The van der Waals surface area contributed by atoms with Crippen molar-refractivity contribution in [2.24, 2.45) is 6.98 Å². The van der Waals surface area contributed by atoms with E-state index >= 15 is 0 Å². The molecule has 3 aromatic heterocycles. The second-order valence-corrected chi connectivity index (χ2v) is 3.59. The Morgan fingerprint density at radius 3 is 2.94 bits per heavy atom. The molecule has 17 heavy (non-hydrogen) atoms. The first-order valence-electron chi connectivity index (χ1n) is 6.42. The van der Waals surface area contributed by atoms with Crippen molar-refractivity contribution in [1.29, 1.82) is 5.26 Å². The molecule has 5 nitrogen and oxygen atoms in total. The Bertz CT molecular complexity index is 822. The van der Waals surface area contributed by atoms with Gasteiger partial charge in [-0.05, 0) is 6.07 Å². The molecule has 0 fully saturated rings. The van der Waals surface area contributed by atoms with Crippen LogP contribution in [0, 0.1) is 11.3 Å². The number of aryl methyl sites for hydroxylation is 1. The van der Waals surface area contributed by atoms with Crippen molar-refractivity contribution in [2.75, 3.05) is 0 Å². The number of fused-ring (bicyclic) bond motifs is 1. The molecule has 3 heterocycles. The molecule has 5 heteroatoms. The Labute approximate surface area is 102 Å². The van der Waals surface area contributed by atoms with Crippen LogP contribution in [0.25, 0.3) is 16.6 Å². The molecule has 82 valence electrons. The molecule has 0 spiro atoms. The lowest BCUT2D eigenvalue weighted by Gasteiger charge is -1.98. The van der Waals surface area contributed by atoms with E-state index in [2.05, 4.69) is 16.3 Å². The highest BCUT2D eigenvalue weighted by atomic mass is 15.2. The van der Waals surface area contributed by atoms with Gasteiger partial charge >= 0.3 is 0 Å². The summed E-state index contributed by atoms with van der Waals surface area (Å²) in [4.78, 5) is 0. The summed E-state index contributed by atoms with van der Waals surface area (Å²) >= 11 is 0. The molecule has 0 unspecified atom stereocenters. The number of nitrogens with zero attached hydrogens (tertiary/aromatic N) is 5. The lowest BCUT2D eigenvalue weighted by molar-refractivity contribution is 0.768. The third-order valence-electron chi connectivity index (χ3n) is 2.55. The van der Waals surface area contributed by atoms with Crippen LogP contribution in [0.2, 0.25) is 0 Å². The number of pyridine rings is 1. The van der Waals surface area contributed by atoms with Gasteiger partial charge in [0.25, 0.3) is 0 Å². The zero-order chi connectivity index (χ0) is 14.3. The summed E-state index contributed by atoms with van der Waals surface area (Å²) in [7, 11) is 0. The molecule has 0 aliphatic carbocycles. The Morgan fingerprint density at radius 1 is 1.24 bits per heavy atom. The van der Waals surface area contributed by atoms with E-state index in [0.29, 0.717) is 16.6 Å². The fourth-order valence-electron chi connectivity index (χ4n) is 1.71. The largest absolute Gasteiger partial charge is 0.275 e. The van der Waals surface area contributed by atoms with Crippen molar-refractivity contribution in [3.8, 4) is 17.2 Å². The number of hydrogen-bond acceptors (Lipinski definition) is 3. The van der Waals surface area contributed by atoms with Gasteiger partial charge in [-0.25, -0.2) is 4.52 Å². The molecule has 0 N–H and O–H groups in total. The van der Waals surface area contributed by atoms with E-state index in [9.17, 15) is 0 Å². The first-order valence-corrected chi connectivity index (χ1v) is 4.92. The third kappa shape index (κ3) is 1.47. The van der Waals surface area contributed by atoms with Gasteiger partial charge in [-0.15, -0.1) is 0 Å². The second kappa shape index (κ2) is 3.46. The minimum absolute atomic E-state index is 0.495. The molecule has 0 aromatic carbocycles. The number of rotatable bonds is 1. The zero-order valence-electron chi connectivity index (χ0n) is 11.7. The Balaban J connectivity index is 2.07. The topological polar surface area (TPSA) is 58.9 Å². The van der Waals surface area contributed by atoms with E-state index in [1.54, 1.807) is 22.8 Å². The van der Waals surface area contributed by atoms with Gasteiger partial charge in [-0.3, -0.25) is 4.68 Å². The van der Waals surface area contributed by atoms with Crippen molar-refractivity contribution in [3.63, 3.8) is 0 Å². The summed E-state index contributed by atoms with van der Waals surface area (Å²) in [6.45, 7) is -2.29. The maximum absolute atomic E-state index is 8.92. The molecular formula is C12H9N5. The van der Waals surface area contributed by atoms with Gasteiger partial charge in [0, 0.05) is 34.6 Å². The van der Waals surface area contributed by atoms with Crippen molar-refractivity contribution in [1.82, 2.24) is 19.4 Å². The number of hydrogen-bond donors (Lipinski definition) is 0. The van der Waals surface area contributed by atoms with Crippen LogP contribution in [0.15, 0.2) is 36.9 Å². The average molecular weight is 226 g/mol. The van der Waals surface area contributed by atoms with Crippen molar-refractivity contribution < 1.29 is 4.11 Å². The van der Waals surface area contributed by atoms with Crippen LogP contribution in [0.5, 0.6) is 0 Å². The van der Waals surface area contributed by atoms with Gasteiger partial charge in [-0.1, -0.05) is 6.07 Å². The van der Waals surface area contributed by atoms with Crippen molar-refractivity contribution >= 4 is 5.52 Å². The van der Waals surface area contributed by atoms with Gasteiger partial charge in [0.15, 0.2) is 0 Å². The molecule has 0 amide bonds. The van der Waals surface area contributed by atoms with E-state index in [4.69, 9.17) is 9.37 Å². The van der Waals surface area contributed by atoms with Gasteiger partial charge in [0.05, 0.1) is 23.5 Å². The van der Waals surface area contributed by atoms with Crippen LogP contribution in [-0.2, 0) is 6.98 Å². The Morgan fingerprint density at radius 2 is 2.18 bits per heavy atom. The summed E-state index contributed by atoms with van der Waals surface area (Å²) in [5.74, 6) is 0. The SMILES string of the molecule is [2H]C([2H])([2H])n1cc(-c2ccc3c(C#N)cnn3c2)cn1. The first-order chi connectivity index (χ1) is 9.49. The predicted molar refractivity (Wildman–Crippen MR) is 62.1 cm³/mol. The molecule has 0 aliphatic rings.